The maximum absolute atomic E-state index is 15.2. The van der Waals surface area contributed by atoms with Crippen molar-refractivity contribution < 1.29 is 13.9 Å². The lowest BCUT2D eigenvalue weighted by Gasteiger charge is -2.16. The molecule has 0 radical (unpaired) electrons. The molecule has 0 aliphatic heterocycles. The Morgan fingerprint density at radius 1 is 0.868 bits per heavy atom. The van der Waals surface area contributed by atoms with Crippen molar-refractivity contribution in [3.8, 4) is 22.6 Å². The zero-order valence-electron chi connectivity index (χ0n) is 21.2. The number of rotatable bonds is 13. The minimum absolute atomic E-state index is 0.0718. The average Bonchev–Trinajstić information content (AvgIpc) is 2.95. The highest BCUT2D eigenvalue weighted by atomic mass is 19.1. The molecule has 0 heterocycles. The number of nitrogen functional groups attached to an aromatic ring is 1. The summed E-state index contributed by atoms with van der Waals surface area (Å²) in [7, 11) is 1.90. The first-order chi connectivity index (χ1) is 18.6. The van der Waals surface area contributed by atoms with E-state index >= 15 is 4.39 Å². The van der Waals surface area contributed by atoms with Gasteiger partial charge in [0.25, 0.3) is 0 Å². The molecule has 4 rings (SSSR count). The molecule has 0 unspecified atom stereocenters. The van der Waals surface area contributed by atoms with Crippen molar-refractivity contribution >= 4 is 11.4 Å². The number of nitrogens with one attached hydrogen (secondary N) is 2. The second kappa shape index (κ2) is 13.3. The van der Waals surface area contributed by atoms with Crippen molar-refractivity contribution in [2.24, 2.45) is 5.18 Å². The van der Waals surface area contributed by atoms with E-state index in [1.165, 1.54) is 0 Å². The van der Waals surface area contributed by atoms with Gasteiger partial charge in [-0.1, -0.05) is 60.7 Å². The third kappa shape index (κ3) is 6.94. The number of nitrogens with two attached hydrogens (primary N) is 1. The lowest BCUT2D eigenvalue weighted by atomic mass is 10.0. The summed E-state index contributed by atoms with van der Waals surface area (Å²) in [6, 6.07) is 25.3. The molecule has 0 atom stereocenters. The van der Waals surface area contributed by atoms with Crippen molar-refractivity contribution in [3.05, 3.63) is 112 Å². The van der Waals surface area contributed by atoms with E-state index in [1.54, 1.807) is 36.4 Å². The molecule has 0 saturated carbocycles. The smallest absolute Gasteiger partial charge is 0.137 e. The van der Waals surface area contributed by atoms with Gasteiger partial charge in [-0.3, -0.25) is 0 Å². The molecule has 4 aromatic rings. The van der Waals surface area contributed by atoms with Crippen molar-refractivity contribution in [2.75, 3.05) is 25.9 Å². The fourth-order valence-electron chi connectivity index (χ4n) is 3.97. The van der Waals surface area contributed by atoms with Crippen LogP contribution in [0.2, 0.25) is 0 Å². The van der Waals surface area contributed by atoms with E-state index in [4.69, 9.17) is 15.2 Å². The minimum atomic E-state index is -0.300. The van der Waals surface area contributed by atoms with Crippen LogP contribution in [0.3, 0.4) is 0 Å². The van der Waals surface area contributed by atoms with Crippen LogP contribution in [0.5, 0.6) is 11.5 Å². The molecule has 0 spiro atoms. The molecule has 0 fully saturated rings. The molecule has 4 aromatic carbocycles. The summed E-state index contributed by atoms with van der Waals surface area (Å²) in [4.78, 5) is 10.8. The van der Waals surface area contributed by atoms with Gasteiger partial charge in [0.1, 0.15) is 36.2 Å². The van der Waals surface area contributed by atoms with Gasteiger partial charge >= 0.3 is 0 Å². The van der Waals surface area contributed by atoms with Crippen LogP contribution in [0.1, 0.15) is 16.7 Å². The van der Waals surface area contributed by atoms with E-state index in [9.17, 15) is 4.91 Å². The topological polar surface area (TPSA) is 98.0 Å². The van der Waals surface area contributed by atoms with Crippen LogP contribution >= 0.6 is 0 Å². The first-order valence-electron chi connectivity index (χ1n) is 12.4. The molecular weight excluding hydrogens is 483 g/mol. The van der Waals surface area contributed by atoms with Crippen LogP contribution in [0.4, 0.5) is 15.8 Å². The van der Waals surface area contributed by atoms with Gasteiger partial charge in [-0.05, 0) is 41.6 Å². The molecular formula is C30H31FN4O3. The second-order valence-corrected chi connectivity index (χ2v) is 8.76. The lowest BCUT2D eigenvalue weighted by molar-refractivity contribution is 0.284. The fourth-order valence-corrected chi connectivity index (χ4v) is 3.97. The SMILES string of the molecule is CNCCNCc1ccc(OCc2cccc(-c3ccccc3)c2F)cc1OCc1ccc(N=O)c(N)c1. The van der Waals surface area contributed by atoms with E-state index in [1.807, 2.05) is 55.6 Å². The Morgan fingerprint density at radius 2 is 1.71 bits per heavy atom. The Kier molecular flexibility index (Phi) is 9.39. The number of ether oxygens (including phenoxy) is 2. The highest BCUT2D eigenvalue weighted by molar-refractivity contribution is 5.65. The van der Waals surface area contributed by atoms with E-state index < -0.39 is 0 Å². The van der Waals surface area contributed by atoms with Crippen LogP contribution in [0, 0.1) is 10.7 Å². The Morgan fingerprint density at radius 3 is 2.47 bits per heavy atom. The second-order valence-electron chi connectivity index (χ2n) is 8.76. The third-order valence-electron chi connectivity index (χ3n) is 6.05. The molecule has 7 nitrogen and oxygen atoms in total. The summed E-state index contributed by atoms with van der Waals surface area (Å²) in [5.41, 5.74) is 9.95. The van der Waals surface area contributed by atoms with Gasteiger partial charge in [0.05, 0.1) is 5.69 Å². The Hall–Kier alpha value is -4.27. The van der Waals surface area contributed by atoms with Gasteiger partial charge in [0.15, 0.2) is 0 Å². The summed E-state index contributed by atoms with van der Waals surface area (Å²) < 4.78 is 27.4. The van der Waals surface area contributed by atoms with Crippen molar-refractivity contribution in [1.82, 2.24) is 10.6 Å². The van der Waals surface area contributed by atoms with Crippen LogP contribution < -0.4 is 25.8 Å². The molecule has 0 saturated heterocycles. The van der Waals surface area contributed by atoms with Crippen LogP contribution in [-0.4, -0.2) is 20.1 Å². The largest absolute Gasteiger partial charge is 0.489 e. The van der Waals surface area contributed by atoms with Crippen LogP contribution in [0.15, 0.2) is 90.1 Å². The van der Waals surface area contributed by atoms with E-state index in [0.29, 0.717) is 34.9 Å². The predicted octanol–water partition coefficient (Wildman–Crippen LogP) is 5.94. The molecule has 4 N–H and O–H groups in total. The maximum atomic E-state index is 15.2. The van der Waals surface area contributed by atoms with Gasteiger partial charge in [-0.15, -0.1) is 4.91 Å². The molecule has 38 heavy (non-hydrogen) atoms. The number of hydrogen-bond acceptors (Lipinski definition) is 7. The van der Waals surface area contributed by atoms with Crippen molar-refractivity contribution in [2.45, 2.75) is 19.8 Å². The molecule has 0 bridgehead atoms. The van der Waals surface area contributed by atoms with E-state index in [0.717, 1.165) is 29.8 Å². The number of benzene rings is 4. The van der Waals surface area contributed by atoms with Gasteiger partial charge in [0, 0.05) is 42.4 Å². The normalized spacial score (nSPS) is 10.8. The highest BCUT2D eigenvalue weighted by Gasteiger charge is 2.12. The van der Waals surface area contributed by atoms with Gasteiger partial charge in [-0.25, -0.2) is 4.39 Å². The van der Waals surface area contributed by atoms with Gasteiger partial charge < -0.3 is 25.8 Å². The number of nitrogens with zero attached hydrogens (tertiary/aromatic N) is 1. The summed E-state index contributed by atoms with van der Waals surface area (Å²) in [6.45, 7) is 2.54. The minimum Gasteiger partial charge on any atom is -0.489 e. The monoisotopic (exact) mass is 514 g/mol. The highest BCUT2D eigenvalue weighted by Crippen LogP contribution is 2.29. The standard InChI is InChI=1S/C30H31FN4O3/c1-33-14-15-34-18-23-11-12-25(17-29(23)38-19-21-10-13-28(35-36)27(32)16-21)37-20-24-8-5-9-26(30(24)31)22-6-3-2-4-7-22/h2-13,16-17,33-34H,14-15,18-20,32H2,1H3. The van der Waals surface area contributed by atoms with Crippen LogP contribution in [0.25, 0.3) is 11.1 Å². The Labute approximate surface area is 221 Å². The molecule has 0 aliphatic carbocycles. The zero-order chi connectivity index (χ0) is 26.7. The lowest BCUT2D eigenvalue weighted by Crippen LogP contribution is -2.24. The summed E-state index contributed by atoms with van der Waals surface area (Å²) in [5.74, 6) is 0.893. The summed E-state index contributed by atoms with van der Waals surface area (Å²) in [6.07, 6.45) is 0. The molecule has 196 valence electrons. The zero-order valence-corrected chi connectivity index (χ0v) is 21.2. The van der Waals surface area contributed by atoms with E-state index in [2.05, 4.69) is 15.8 Å². The first-order valence-corrected chi connectivity index (χ1v) is 12.4. The molecule has 8 heteroatoms. The van der Waals surface area contributed by atoms with Crippen molar-refractivity contribution in [1.29, 1.82) is 0 Å². The number of likely N-dealkylation sites (N-methyl/N-ethyl adjacent to an activating group) is 1. The number of nitroso groups, excluding NO2 is 1. The first kappa shape index (κ1) is 26.8. The molecule has 0 aliphatic rings. The van der Waals surface area contributed by atoms with Crippen LogP contribution in [-0.2, 0) is 19.8 Å². The maximum Gasteiger partial charge on any atom is 0.137 e. The Balaban J connectivity index is 1.50. The molecule has 0 aromatic heterocycles. The number of halogens is 1. The van der Waals surface area contributed by atoms with Gasteiger partial charge in [-0.2, -0.15) is 0 Å². The number of hydrogen-bond donors (Lipinski definition) is 3. The fraction of sp³-hybridized carbons (Fsp3) is 0.200. The third-order valence-corrected chi connectivity index (χ3v) is 6.05. The van der Waals surface area contributed by atoms with Gasteiger partial charge in [0.2, 0.25) is 0 Å². The predicted molar refractivity (Wildman–Crippen MR) is 149 cm³/mol. The number of anilines is 1. The van der Waals surface area contributed by atoms with Crippen molar-refractivity contribution in [3.63, 3.8) is 0 Å². The summed E-state index contributed by atoms with van der Waals surface area (Å²) in [5, 5.41) is 9.38. The summed E-state index contributed by atoms with van der Waals surface area (Å²) >= 11 is 0. The average molecular weight is 515 g/mol. The quantitative estimate of drug-likeness (QED) is 0.116. The Bertz CT molecular complexity index is 1370. The van der Waals surface area contributed by atoms with E-state index in [-0.39, 0.29) is 24.7 Å². The molecule has 0 amide bonds.